The van der Waals surface area contributed by atoms with Crippen molar-refractivity contribution in [3.05, 3.63) is 0 Å². The van der Waals surface area contributed by atoms with E-state index in [1.165, 1.54) is 0 Å². The third-order valence-electron chi connectivity index (χ3n) is 3.07. The molecule has 0 fully saturated rings. The second kappa shape index (κ2) is 15.0. The van der Waals surface area contributed by atoms with Crippen LogP contribution >= 0.6 is 0 Å². The lowest BCUT2D eigenvalue weighted by Crippen LogP contribution is -2.47. The van der Waals surface area contributed by atoms with Crippen molar-refractivity contribution < 1.29 is 19.2 Å². The highest BCUT2D eigenvalue weighted by Crippen LogP contribution is 1.94. The fraction of sp³-hybridized carbons (Fsp3) is 0.733. The number of hydrogen-bond acceptors (Lipinski definition) is 4. The van der Waals surface area contributed by atoms with Crippen LogP contribution < -0.4 is 32.3 Å². The van der Waals surface area contributed by atoms with Gasteiger partial charge in [-0.15, -0.1) is 0 Å². The summed E-state index contributed by atoms with van der Waals surface area (Å²) in [5.74, 6) is -0.799. The van der Waals surface area contributed by atoms with Crippen molar-refractivity contribution in [1.29, 1.82) is 0 Å². The lowest BCUT2D eigenvalue weighted by atomic mass is 10.2. The molecule has 0 aliphatic rings. The average molecular weight is 358 g/mol. The Balaban J connectivity index is 3.64. The van der Waals surface area contributed by atoms with Crippen LogP contribution in [-0.2, 0) is 9.59 Å². The Morgan fingerprint density at radius 2 is 1.00 bits per heavy atom. The van der Waals surface area contributed by atoms with Gasteiger partial charge in [-0.05, 0) is 19.3 Å². The first-order valence-electron chi connectivity index (χ1n) is 8.64. The molecule has 25 heavy (non-hydrogen) atoms. The maximum atomic E-state index is 11.5. The van der Waals surface area contributed by atoms with Crippen LogP contribution in [0.2, 0.25) is 0 Å². The summed E-state index contributed by atoms with van der Waals surface area (Å²) in [6.07, 6.45) is 4.09. The molecule has 0 spiro atoms. The number of hydrogen-bond donors (Lipinski definition) is 6. The van der Waals surface area contributed by atoms with Crippen LogP contribution in [0.1, 0.15) is 58.8 Å². The topological polar surface area (TPSA) is 140 Å². The molecule has 0 rings (SSSR count). The van der Waals surface area contributed by atoms with E-state index < -0.39 is 23.9 Å². The van der Waals surface area contributed by atoms with Crippen molar-refractivity contribution in [1.82, 2.24) is 32.3 Å². The molecule has 0 aliphatic heterocycles. The zero-order valence-electron chi connectivity index (χ0n) is 15.0. The normalized spacial score (nSPS) is 9.68. The Morgan fingerprint density at radius 3 is 1.36 bits per heavy atom. The second-order valence-electron chi connectivity index (χ2n) is 5.42. The van der Waals surface area contributed by atoms with Gasteiger partial charge in [0.05, 0.1) is 0 Å². The van der Waals surface area contributed by atoms with Crippen LogP contribution in [0.15, 0.2) is 0 Å². The van der Waals surface area contributed by atoms with Crippen LogP contribution in [0.3, 0.4) is 0 Å². The molecule has 0 bridgehead atoms. The summed E-state index contributed by atoms with van der Waals surface area (Å²) >= 11 is 0. The molecule has 0 atom stereocenters. The van der Waals surface area contributed by atoms with E-state index in [1.807, 2.05) is 13.8 Å². The van der Waals surface area contributed by atoms with Crippen LogP contribution in [-0.4, -0.2) is 37.0 Å². The van der Waals surface area contributed by atoms with Crippen molar-refractivity contribution >= 4 is 23.9 Å². The Kier molecular flexibility index (Phi) is 13.5. The average Bonchev–Trinajstić information content (AvgIpc) is 2.58. The SMILES string of the molecule is CCCCNC(=O)NNC(=O)CCCC(=O)NNC(=O)NCCCC. The Morgan fingerprint density at radius 1 is 0.600 bits per heavy atom. The van der Waals surface area contributed by atoms with Gasteiger partial charge in [0, 0.05) is 25.9 Å². The first-order chi connectivity index (χ1) is 12.0. The molecule has 144 valence electrons. The molecule has 0 aromatic heterocycles. The summed E-state index contributed by atoms with van der Waals surface area (Å²) in [6, 6.07) is -0.948. The Bertz CT molecular complexity index is 392. The largest absolute Gasteiger partial charge is 0.337 e. The monoisotopic (exact) mass is 358 g/mol. The van der Waals surface area contributed by atoms with Gasteiger partial charge < -0.3 is 10.6 Å². The maximum absolute atomic E-state index is 11.5. The predicted molar refractivity (Wildman–Crippen MR) is 93.0 cm³/mol. The number of carbonyl (C=O) groups is 4. The minimum Gasteiger partial charge on any atom is -0.337 e. The number of hydrazine groups is 2. The molecule has 0 unspecified atom stereocenters. The molecule has 0 aromatic carbocycles. The van der Waals surface area contributed by atoms with Gasteiger partial charge in [-0.25, -0.2) is 20.4 Å². The van der Waals surface area contributed by atoms with Crippen molar-refractivity contribution in [3.63, 3.8) is 0 Å². The predicted octanol–water partition coefficient (Wildman–Crippen LogP) is 0.418. The van der Waals surface area contributed by atoms with E-state index in [4.69, 9.17) is 0 Å². The van der Waals surface area contributed by atoms with Crippen molar-refractivity contribution in [3.8, 4) is 0 Å². The van der Waals surface area contributed by atoms with Crippen LogP contribution in [0.5, 0.6) is 0 Å². The number of rotatable bonds is 10. The quantitative estimate of drug-likeness (QED) is 0.249. The number of amides is 6. The standard InChI is InChI=1S/C15H30N6O4/c1-3-5-10-16-14(24)20-18-12(22)8-7-9-13(23)19-21-15(25)17-11-6-4-2/h3-11H2,1-2H3,(H,18,22)(H,19,23)(H2,16,20,24)(H2,17,21,25). The van der Waals surface area contributed by atoms with Gasteiger partial charge in [0.2, 0.25) is 11.8 Å². The highest BCUT2D eigenvalue weighted by molar-refractivity contribution is 5.83. The first kappa shape index (κ1) is 22.5. The van der Waals surface area contributed by atoms with Crippen molar-refractivity contribution in [2.24, 2.45) is 0 Å². The minimum absolute atomic E-state index is 0.0748. The van der Waals surface area contributed by atoms with Gasteiger partial charge in [-0.1, -0.05) is 26.7 Å². The number of urea groups is 2. The van der Waals surface area contributed by atoms with Gasteiger partial charge in [-0.2, -0.15) is 0 Å². The van der Waals surface area contributed by atoms with Gasteiger partial charge in [-0.3, -0.25) is 20.4 Å². The molecule has 10 heteroatoms. The summed E-state index contributed by atoms with van der Waals surface area (Å²) in [5, 5.41) is 5.17. The third kappa shape index (κ3) is 14.8. The molecular formula is C15H30N6O4. The zero-order valence-corrected chi connectivity index (χ0v) is 15.0. The number of unbranched alkanes of at least 4 members (excludes halogenated alkanes) is 2. The minimum atomic E-state index is -0.474. The molecule has 0 saturated carbocycles. The number of carbonyl (C=O) groups excluding carboxylic acids is 4. The summed E-state index contributed by atoms with van der Waals surface area (Å²) in [5.41, 5.74) is 8.96. The van der Waals surface area contributed by atoms with Crippen molar-refractivity contribution in [2.75, 3.05) is 13.1 Å². The first-order valence-corrected chi connectivity index (χ1v) is 8.64. The van der Waals surface area contributed by atoms with Crippen LogP contribution in [0, 0.1) is 0 Å². The molecule has 0 aromatic rings. The summed E-state index contributed by atoms with van der Waals surface area (Å²) in [7, 11) is 0. The molecule has 6 amide bonds. The summed E-state index contributed by atoms with van der Waals surface area (Å²) in [4.78, 5) is 45.6. The highest BCUT2D eigenvalue weighted by atomic mass is 16.2. The Hall–Kier alpha value is -2.52. The van der Waals surface area contributed by atoms with E-state index >= 15 is 0 Å². The van der Waals surface area contributed by atoms with E-state index in [2.05, 4.69) is 32.3 Å². The third-order valence-corrected chi connectivity index (χ3v) is 3.07. The zero-order chi connectivity index (χ0) is 18.9. The molecular weight excluding hydrogens is 328 g/mol. The summed E-state index contributed by atoms with van der Waals surface area (Å²) in [6.45, 7) is 5.09. The molecule has 0 radical (unpaired) electrons. The number of nitrogens with one attached hydrogen (secondary N) is 6. The summed E-state index contributed by atoms with van der Waals surface area (Å²) < 4.78 is 0. The van der Waals surface area contributed by atoms with E-state index in [0.717, 1.165) is 25.7 Å². The van der Waals surface area contributed by atoms with E-state index in [9.17, 15) is 19.2 Å². The fourth-order valence-corrected chi connectivity index (χ4v) is 1.63. The smallest absolute Gasteiger partial charge is 0.333 e. The fourth-order valence-electron chi connectivity index (χ4n) is 1.63. The highest BCUT2D eigenvalue weighted by Gasteiger charge is 2.07. The molecule has 0 aliphatic carbocycles. The van der Waals surface area contributed by atoms with Crippen molar-refractivity contribution in [2.45, 2.75) is 58.8 Å². The Labute approximate surface area is 148 Å². The molecule has 10 nitrogen and oxygen atoms in total. The van der Waals surface area contributed by atoms with Crippen LogP contribution in [0.4, 0.5) is 9.59 Å². The molecule has 0 heterocycles. The molecule has 6 N–H and O–H groups in total. The van der Waals surface area contributed by atoms with Gasteiger partial charge in [0.15, 0.2) is 0 Å². The maximum Gasteiger partial charge on any atom is 0.333 e. The van der Waals surface area contributed by atoms with E-state index in [1.54, 1.807) is 0 Å². The van der Waals surface area contributed by atoms with E-state index in [0.29, 0.717) is 13.1 Å². The lowest BCUT2D eigenvalue weighted by Gasteiger charge is -2.09. The van der Waals surface area contributed by atoms with E-state index in [-0.39, 0.29) is 19.3 Å². The lowest BCUT2D eigenvalue weighted by molar-refractivity contribution is -0.123. The van der Waals surface area contributed by atoms with Gasteiger partial charge in [0.1, 0.15) is 0 Å². The van der Waals surface area contributed by atoms with Gasteiger partial charge >= 0.3 is 12.1 Å². The van der Waals surface area contributed by atoms with Gasteiger partial charge in [0.25, 0.3) is 0 Å². The second-order valence-corrected chi connectivity index (χ2v) is 5.42. The molecule has 0 saturated heterocycles. The van der Waals surface area contributed by atoms with Crippen LogP contribution in [0.25, 0.3) is 0 Å².